The van der Waals surface area contributed by atoms with Gasteiger partial charge in [-0.05, 0) is 0 Å². The highest BCUT2D eigenvalue weighted by Gasteiger charge is 2.95. The number of nitrogens with zero attached hydrogens (tertiary/aromatic N) is 1. The van der Waals surface area contributed by atoms with Gasteiger partial charge in [0.1, 0.15) is 0 Å². The minimum Gasteiger partial charge on any atom is -0.192 e. The zero-order valence-corrected chi connectivity index (χ0v) is 7.60. The van der Waals surface area contributed by atoms with Gasteiger partial charge in [-0.2, -0.15) is 43.9 Å². The number of alkyl halides is 10. The molecule has 106 valence electrons. The summed E-state index contributed by atoms with van der Waals surface area (Å²) in [6.45, 7) is 0. The Hall–Kier alpha value is -1.10. The highest BCUT2D eigenvalue weighted by atomic mass is 19.4. The number of hydrogen-bond donors (Lipinski definition) is 0. The second-order valence-corrected chi connectivity index (χ2v) is 3.31. The molecule has 1 rings (SSSR count). The van der Waals surface area contributed by atoms with Gasteiger partial charge in [-0.1, -0.05) is 9.70 Å². The van der Waals surface area contributed by atoms with Crippen LogP contribution in [0.5, 0.6) is 0 Å². The van der Waals surface area contributed by atoms with Gasteiger partial charge in [0.05, 0.1) is 0 Å². The molecule has 0 heterocycles. The molecule has 0 amide bonds. The van der Waals surface area contributed by atoms with Gasteiger partial charge < -0.3 is 0 Å². The Labute approximate surface area is 90.2 Å². The molecule has 0 atom stereocenters. The molecule has 0 unspecified atom stereocenters. The van der Waals surface area contributed by atoms with Gasteiger partial charge in [-0.25, -0.2) is 0 Å². The molecular formula is C6F11N. The smallest absolute Gasteiger partial charge is 0.192 e. The van der Waals surface area contributed by atoms with Gasteiger partial charge in [0.2, 0.25) is 5.71 Å². The van der Waals surface area contributed by atoms with Crippen LogP contribution in [0.1, 0.15) is 0 Å². The molecule has 1 fully saturated rings. The minimum atomic E-state index is -7.10. The van der Waals surface area contributed by atoms with E-state index in [4.69, 9.17) is 0 Å². The largest absolute Gasteiger partial charge is 0.385 e. The number of halogens is 11. The van der Waals surface area contributed by atoms with Crippen LogP contribution in [-0.4, -0.2) is 35.3 Å². The van der Waals surface area contributed by atoms with Gasteiger partial charge in [-0.3, -0.25) is 0 Å². The second kappa shape index (κ2) is 3.26. The predicted octanol–water partition coefficient (Wildman–Crippen LogP) is 3.50. The summed E-state index contributed by atoms with van der Waals surface area (Å²) in [5.74, 6) is -34.1. The van der Waals surface area contributed by atoms with Gasteiger partial charge in [0.15, 0.2) is 0 Å². The van der Waals surface area contributed by atoms with E-state index in [1.165, 1.54) is 0 Å². The fraction of sp³-hybridized carbons (Fsp3) is 0.833. The van der Waals surface area contributed by atoms with E-state index in [0.29, 0.717) is 5.21 Å². The van der Waals surface area contributed by atoms with Gasteiger partial charge >= 0.3 is 29.6 Å². The maximum atomic E-state index is 12.6. The summed E-state index contributed by atoms with van der Waals surface area (Å²) in [7, 11) is 0. The molecule has 0 spiro atoms. The minimum absolute atomic E-state index is 0.433. The molecule has 0 saturated heterocycles. The van der Waals surface area contributed by atoms with Crippen LogP contribution in [0.3, 0.4) is 0 Å². The molecule has 0 aliphatic heterocycles. The van der Waals surface area contributed by atoms with E-state index in [2.05, 4.69) is 0 Å². The molecule has 0 aromatic heterocycles. The summed E-state index contributed by atoms with van der Waals surface area (Å²) >= 11 is 0. The lowest BCUT2D eigenvalue weighted by Gasteiger charge is -2.45. The van der Waals surface area contributed by atoms with E-state index < -0.39 is 35.3 Å². The monoisotopic (exact) mass is 295 g/mol. The van der Waals surface area contributed by atoms with Crippen LogP contribution in [0.15, 0.2) is 5.21 Å². The second-order valence-electron chi connectivity index (χ2n) is 3.31. The summed E-state index contributed by atoms with van der Waals surface area (Å²) in [6.07, 6.45) is 0. The summed E-state index contributed by atoms with van der Waals surface area (Å²) in [5.41, 5.74) is -3.95. The fourth-order valence-electron chi connectivity index (χ4n) is 1.19. The molecule has 0 N–H and O–H groups in total. The molecule has 1 saturated carbocycles. The SMILES string of the molecule is FN=C1C(F)(F)C(F)(F)C(F)(F)C(F)(F)C1(F)F. The molecule has 0 aromatic rings. The Kier molecular flexibility index (Phi) is 2.71. The molecular weight excluding hydrogens is 295 g/mol. The third-order valence-corrected chi connectivity index (χ3v) is 2.26. The van der Waals surface area contributed by atoms with Crippen LogP contribution >= 0.6 is 0 Å². The van der Waals surface area contributed by atoms with Gasteiger partial charge in [-0.15, -0.1) is 0 Å². The zero-order valence-electron chi connectivity index (χ0n) is 7.60. The van der Waals surface area contributed by atoms with Crippen LogP contribution in [0.4, 0.5) is 48.4 Å². The van der Waals surface area contributed by atoms with Crippen LogP contribution in [-0.2, 0) is 0 Å². The Morgan fingerprint density at radius 1 is 0.556 bits per heavy atom. The van der Waals surface area contributed by atoms with Gasteiger partial charge in [0.25, 0.3) is 0 Å². The standard InChI is InChI=1S/C6F11N/c7-2(8)1(18-17)3(9,10)5(13,14)6(15,16)4(2,11)12. The normalized spacial score (nSPS) is 30.9. The molecule has 18 heavy (non-hydrogen) atoms. The fourth-order valence-corrected chi connectivity index (χ4v) is 1.19. The van der Waals surface area contributed by atoms with Crippen LogP contribution in [0.2, 0.25) is 0 Å². The Bertz CT molecular complexity index is 362. The third kappa shape index (κ3) is 1.20. The van der Waals surface area contributed by atoms with E-state index in [0.717, 1.165) is 0 Å². The lowest BCUT2D eigenvalue weighted by molar-refractivity contribution is -0.401. The van der Waals surface area contributed by atoms with E-state index >= 15 is 0 Å². The van der Waals surface area contributed by atoms with Gasteiger partial charge in [0, 0.05) is 0 Å². The molecule has 1 aliphatic carbocycles. The maximum absolute atomic E-state index is 12.6. The molecule has 0 bridgehead atoms. The molecule has 1 nitrogen and oxygen atoms in total. The zero-order chi connectivity index (χ0) is 14.8. The predicted molar refractivity (Wildman–Crippen MR) is 33.3 cm³/mol. The van der Waals surface area contributed by atoms with E-state index in [1.54, 1.807) is 0 Å². The molecule has 12 heteroatoms. The average molecular weight is 295 g/mol. The van der Waals surface area contributed by atoms with E-state index in [1.807, 2.05) is 0 Å². The van der Waals surface area contributed by atoms with Crippen molar-refractivity contribution < 1.29 is 48.4 Å². The van der Waals surface area contributed by atoms with Crippen LogP contribution in [0.25, 0.3) is 0 Å². The Morgan fingerprint density at radius 2 is 0.833 bits per heavy atom. The average Bonchev–Trinajstić information content (AvgIpc) is 2.15. The first kappa shape index (κ1) is 15.0. The topological polar surface area (TPSA) is 12.4 Å². The van der Waals surface area contributed by atoms with Crippen molar-refractivity contribution in [3.8, 4) is 0 Å². The Morgan fingerprint density at radius 3 is 1.06 bits per heavy atom. The molecule has 0 radical (unpaired) electrons. The van der Waals surface area contributed by atoms with Crippen molar-refractivity contribution in [1.29, 1.82) is 0 Å². The first-order valence-electron chi connectivity index (χ1n) is 3.78. The lowest BCUT2D eigenvalue weighted by Crippen LogP contribution is -2.78. The van der Waals surface area contributed by atoms with Crippen molar-refractivity contribution >= 4 is 5.71 Å². The van der Waals surface area contributed by atoms with E-state index in [-0.39, 0.29) is 0 Å². The third-order valence-electron chi connectivity index (χ3n) is 2.26. The first-order valence-corrected chi connectivity index (χ1v) is 3.78. The highest BCUT2D eigenvalue weighted by molar-refractivity contribution is 6.00. The van der Waals surface area contributed by atoms with E-state index in [9.17, 15) is 48.4 Å². The maximum Gasteiger partial charge on any atom is 0.385 e. The van der Waals surface area contributed by atoms with Crippen molar-refractivity contribution in [2.24, 2.45) is 5.21 Å². The summed E-state index contributed by atoms with van der Waals surface area (Å²) in [6, 6.07) is 0. The van der Waals surface area contributed by atoms with Crippen molar-refractivity contribution in [3.05, 3.63) is 0 Å². The van der Waals surface area contributed by atoms with Crippen molar-refractivity contribution in [1.82, 2.24) is 0 Å². The number of hydrogen-bond acceptors (Lipinski definition) is 1. The number of rotatable bonds is 0. The lowest BCUT2D eigenvalue weighted by atomic mass is 9.81. The first-order chi connectivity index (χ1) is 7.69. The summed E-state index contributed by atoms with van der Waals surface area (Å²) in [5, 5.41) is 0.433. The summed E-state index contributed by atoms with van der Waals surface area (Å²) in [4.78, 5) is 0. The van der Waals surface area contributed by atoms with Crippen molar-refractivity contribution in [2.45, 2.75) is 29.6 Å². The quantitative estimate of drug-likeness (QED) is 0.607. The van der Waals surface area contributed by atoms with Crippen molar-refractivity contribution in [2.75, 3.05) is 0 Å². The van der Waals surface area contributed by atoms with Crippen LogP contribution in [0, 0.1) is 0 Å². The van der Waals surface area contributed by atoms with Crippen molar-refractivity contribution in [3.63, 3.8) is 0 Å². The van der Waals surface area contributed by atoms with Crippen LogP contribution < -0.4 is 0 Å². The summed E-state index contributed by atoms with van der Waals surface area (Å²) < 4.78 is 137. The Balaban J connectivity index is 3.71. The molecule has 1 aliphatic rings. The highest BCUT2D eigenvalue weighted by Crippen LogP contribution is 2.63. The molecule has 0 aromatic carbocycles.